The first-order valence-corrected chi connectivity index (χ1v) is 11.7. The Balaban J connectivity index is 1.98. The highest BCUT2D eigenvalue weighted by atomic mass is 32.9. The predicted octanol–water partition coefficient (Wildman–Crippen LogP) is 3.65. The van der Waals surface area contributed by atoms with Crippen LogP contribution in [0, 0.1) is 11.3 Å². The van der Waals surface area contributed by atoms with Gasteiger partial charge in [0.2, 0.25) is 0 Å². The van der Waals surface area contributed by atoms with E-state index in [0.29, 0.717) is 18.0 Å². The third-order valence-electron chi connectivity index (χ3n) is 3.81. The van der Waals surface area contributed by atoms with Gasteiger partial charge in [-0.2, -0.15) is 5.26 Å². The maximum atomic E-state index is 9.56. The molecule has 1 saturated heterocycles. The fourth-order valence-electron chi connectivity index (χ4n) is 2.72. The normalized spacial score (nSPS) is 25.8. The van der Waals surface area contributed by atoms with Crippen LogP contribution >= 0.6 is 16.9 Å². The van der Waals surface area contributed by atoms with Crippen molar-refractivity contribution >= 4 is 34.6 Å². The van der Waals surface area contributed by atoms with E-state index in [1.165, 1.54) is 0 Å². The molecule has 114 valence electrons. The molecule has 0 radical (unpaired) electrons. The van der Waals surface area contributed by atoms with Crippen LogP contribution in [0.15, 0.2) is 46.6 Å². The van der Waals surface area contributed by atoms with Crippen molar-refractivity contribution in [1.82, 2.24) is 9.76 Å². The summed E-state index contributed by atoms with van der Waals surface area (Å²) in [5, 5.41) is 13.0. The van der Waals surface area contributed by atoms with Gasteiger partial charge < -0.3 is 9.76 Å². The topological polar surface area (TPSA) is 51.4 Å². The molecule has 0 spiro atoms. The molecule has 0 unspecified atom stereocenters. The van der Waals surface area contributed by atoms with Crippen molar-refractivity contribution in [3.63, 3.8) is 0 Å². The van der Waals surface area contributed by atoms with Crippen LogP contribution in [0.25, 0.3) is 0 Å². The Kier molecular flexibility index (Phi) is 4.58. The lowest BCUT2D eigenvalue weighted by molar-refractivity contribution is 0.632. The fourth-order valence-corrected chi connectivity index (χ4v) is 6.97. The zero-order chi connectivity index (χ0) is 15.6. The quantitative estimate of drug-likeness (QED) is 0.845. The second-order valence-electron chi connectivity index (χ2n) is 5.13. The molecule has 3 rings (SSSR count). The van der Waals surface area contributed by atoms with Crippen LogP contribution in [0.4, 0.5) is 0 Å². The van der Waals surface area contributed by atoms with Crippen molar-refractivity contribution < 1.29 is 0 Å². The number of nitrogens with one attached hydrogen (secondary N) is 1. The van der Waals surface area contributed by atoms with Gasteiger partial charge in [-0.25, -0.2) is 0 Å². The lowest BCUT2D eigenvalue weighted by Gasteiger charge is -2.38. The lowest BCUT2D eigenvalue weighted by atomic mass is 10.1. The number of allylic oxidation sites excluding steroid dienone is 1. The molecule has 1 aromatic carbocycles. The smallest absolute Gasteiger partial charge is 0.178 e. The number of rotatable bonds is 3. The van der Waals surface area contributed by atoms with Gasteiger partial charge in [0.25, 0.3) is 0 Å². The minimum atomic E-state index is -1.93. The Labute approximate surface area is 140 Å². The fraction of sp³-hybridized carbons (Fsp3) is 0.333. The number of nitriles is 1. The molecule has 0 amide bonds. The summed E-state index contributed by atoms with van der Waals surface area (Å²) in [5.74, 6) is 0.678. The Morgan fingerprint density at radius 2 is 2.23 bits per heavy atom. The van der Waals surface area contributed by atoms with E-state index in [-0.39, 0.29) is 0 Å². The molecular weight excluding hydrogens is 331 g/mol. The Hall–Kier alpha value is -1.28. The van der Waals surface area contributed by atoms with Crippen LogP contribution in [0.1, 0.15) is 18.4 Å². The summed E-state index contributed by atoms with van der Waals surface area (Å²) in [5.41, 5.74) is 0.956. The molecule has 1 aromatic rings. The zero-order valence-electron chi connectivity index (χ0n) is 12.3. The molecule has 22 heavy (non-hydrogen) atoms. The molecule has 1 atom stereocenters. The largest absolute Gasteiger partial charge is 0.323 e. The van der Waals surface area contributed by atoms with Crippen molar-refractivity contribution in [3.05, 3.63) is 47.2 Å². The van der Waals surface area contributed by atoms with Crippen LogP contribution in [-0.4, -0.2) is 23.3 Å². The van der Waals surface area contributed by atoms with Gasteiger partial charge in [-0.05, 0) is 36.5 Å². The molecule has 4 nitrogen and oxygen atoms in total. The first-order chi connectivity index (χ1) is 10.7. The summed E-state index contributed by atoms with van der Waals surface area (Å²) in [4.78, 5) is 4.66. The minimum absolute atomic E-state index is 0.561. The summed E-state index contributed by atoms with van der Waals surface area (Å²) >= 11 is 7.54. The molecular formula is C15H17N4PS2. The zero-order valence-corrected chi connectivity index (χ0v) is 14.8. The van der Waals surface area contributed by atoms with Gasteiger partial charge >= 0.3 is 0 Å². The second-order valence-corrected chi connectivity index (χ2v) is 12.2. The van der Waals surface area contributed by atoms with Crippen molar-refractivity contribution in [2.24, 2.45) is 4.99 Å². The van der Waals surface area contributed by atoms with E-state index < -0.39 is 5.54 Å². The van der Waals surface area contributed by atoms with Crippen LogP contribution in [0.2, 0.25) is 0 Å². The molecule has 2 aliphatic heterocycles. The maximum Gasteiger partial charge on any atom is 0.178 e. The van der Waals surface area contributed by atoms with E-state index >= 15 is 0 Å². The van der Waals surface area contributed by atoms with E-state index in [9.17, 15) is 5.26 Å². The van der Waals surface area contributed by atoms with E-state index in [1.807, 2.05) is 36.6 Å². The van der Waals surface area contributed by atoms with Crippen molar-refractivity contribution in [2.45, 2.75) is 19.4 Å². The lowest BCUT2D eigenvalue weighted by Crippen LogP contribution is -2.35. The van der Waals surface area contributed by atoms with E-state index in [2.05, 4.69) is 20.8 Å². The number of aliphatic imine (C=N–C) groups is 1. The van der Waals surface area contributed by atoms with E-state index in [4.69, 9.17) is 11.8 Å². The first-order valence-electron chi connectivity index (χ1n) is 7.12. The Morgan fingerprint density at radius 3 is 2.91 bits per heavy atom. The Morgan fingerprint density at radius 1 is 1.45 bits per heavy atom. The van der Waals surface area contributed by atoms with Crippen molar-refractivity contribution in [1.29, 1.82) is 5.26 Å². The molecule has 1 N–H and O–H groups in total. The van der Waals surface area contributed by atoms with Gasteiger partial charge in [0.05, 0.1) is 6.54 Å². The van der Waals surface area contributed by atoms with Crippen LogP contribution in [0.3, 0.4) is 0 Å². The van der Waals surface area contributed by atoms with Gasteiger partial charge in [-0.1, -0.05) is 41.7 Å². The number of hydrogen-bond donors (Lipinski definition) is 1. The first kappa shape index (κ1) is 15.6. The summed E-state index contributed by atoms with van der Waals surface area (Å²) in [7, 11) is 0. The van der Waals surface area contributed by atoms with E-state index in [0.717, 1.165) is 30.6 Å². The minimum Gasteiger partial charge on any atom is -0.323 e. The molecule has 2 aliphatic rings. The molecule has 2 heterocycles. The van der Waals surface area contributed by atoms with Crippen LogP contribution < -0.4 is 5.09 Å². The molecule has 0 bridgehead atoms. The standard InChI is InChI=1S/C15H17N4PS2/c1-22-20(21)18-15(17-11-12-6-3-2-4-7-12)13(10-16)14-8-5-9-19(14)20/h2-4,6-7H,5,8-9,11H2,1H3,(H,17,18,21)/t20-/m1/s1. The summed E-state index contributed by atoms with van der Waals surface area (Å²) < 4.78 is 2.24. The van der Waals surface area contributed by atoms with E-state index in [1.54, 1.807) is 11.4 Å². The average molecular weight is 348 g/mol. The Bertz CT molecular complexity index is 721. The number of benzene rings is 1. The van der Waals surface area contributed by atoms with Crippen molar-refractivity contribution in [3.8, 4) is 6.07 Å². The highest BCUT2D eigenvalue weighted by Crippen LogP contribution is 2.63. The SMILES string of the molecule is CS[P@]1(=S)NC(=NCc2ccccc2)C(C#N)=C2CCCN21. The van der Waals surface area contributed by atoms with Gasteiger partial charge in [0, 0.05) is 12.2 Å². The van der Waals surface area contributed by atoms with Crippen LogP contribution in [0.5, 0.6) is 0 Å². The molecule has 0 aliphatic carbocycles. The van der Waals surface area contributed by atoms with Crippen molar-refractivity contribution in [2.75, 3.05) is 12.8 Å². The molecule has 7 heteroatoms. The number of fused-ring (bicyclic) bond motifs is 1. The summed E-state index contributed by atoms with van der Waals surface area (Å²) in [6.45, 7) is 1.50. The highest BCUT2D eigenvalue weighted by molar-refractivity contribution is 8.69. The average Bonchev–Trinajstić information content (AvgIpc) is 3.04. The molecule has 0 saturated carbocycles. The summed E-state index contributed by atoms with van der Waals surface area (Å²) in [6, 6.07) is 12.4. The molecule has 1 fully saturated rings. The van der Waals surface area contributed by atoms with Gasteiger partial charge in [0.1, 0.15) is 17.5 Å². The summed E-state index contributed by atoms with van der Waals surface area (Å²) in [6.07, 6.45) is 4.02. The predicted molar refractivity (Wildman–Crippen MR) is 97.1 cm³/mol. The second kappa shape index (κ2) is 6.45. The van der Waals surface area contributed by atoms with Gasteiger partial charge in [-0.3, -0.25) is 4.99 Å². The van der Waals surface area contributed by atoms with Gasteiger partial charge in [0.15, 0.2) is 5.54 Å². The number of amidine groups is 1. The highest BCUT2D eigenvalue weighted by Gasteiger charge is 2.38. The number of nitrogens with zero attached hydrogens (tertiary/aromatic N) is 3. The van der Waals surface area contributed by atoms with Gasteiger partial charge in [-0.15, -0.1) is 0 Å². The third kappa shape index (κ3) is 2.81. The van der Waals surface area contributed by atoms with Crippen LogP contribution in [-0.2, 0) is 18.4 Å². The number of hydrogen-bond acceptors (Lipinski definition) is 4. The monoisotopic (exact) mass is 348 g/mol. The maximum absolute atomic E-state index is 9.56. The molecule has 0 aromatic heterocycles. The third-order valence-corrected chi connectivity index (χ3v) is 10.4.